The van der Waals surface area contributed by atoms with Gasteiger partial charge >= 0.3 is 5.97 Å². The fourth-order valence-corrected chi connectivity index (χ4v) is 1.77. The van der Waals surface area contributed by atoms with Gasteiger partial charge in [-0.1, -0.05) is 0 Å². The molecule has 19 heavy (non-hydrogen) atoms. The maximum absolute atomic E-state index is 10.9. The summed E-state index contributed by atoms with van der Waals surface area (Å²) < 4.78 is 9.80. The van der Waals surface area contributed by atoms with Crippen molar-refractivity contribution >= 4 is 11.9 Å². The summed E-state index contributed by atoms with van der Waals surface area (Å²) in [4.78, 5) is 17.4. The van der Waals surface area contributed by atoms with Crippen LogP contribution in [0.15, 0.2) is 4.99 Å². The number of ether oxygens (including phenoxy) is 2. The van der Waals surface area contributed by atoms with Crippen LogP contribution in [0.3, 0.4) is 0 Å². The number of carbonyl (C=O) groups excluding carboxylic acids is 1. The number of morpholine rings is 1. The van der Waals surface area contributed by atoms with Crippen LogP contribution in [0.4, 0.5) is 0 Å². The van der Waals surface area contributed by atoms with Crippen molar-refractivity contribution < 1.29 is 14.3 Å². The number of methoxy groups -OCH3 is 1. The summed E-state index contributed by atoms with van der Waals surface area (Å²) in [5, 5.41) is 2.88. The first-order chi connectivity index (χ1) is 9.22. The Morgan fingerprint density at radius 3 is 2.89 bits per heavy atom. The lowest BCUT2D eigenvalue weighted by atomic mass is 10.3. The van der Waals surface area contributed by atoms with E-state index in [1.807, 2.05) is 0 Å². The molecule has 0 aromatic rings. The third-order valence-electron chi connectivity index (χ3n) is 2.88. The van der Waals surface area contributed by atoms with Crippen LogP contribution < -0.4 is 11.1 Å². The van der Waals surface area contributed by atoms with Crippen molar-refractivity contribution in [2.75, 3.05) is 53.0 Å². The number of rotatable bonds is 7. The Bertz CT molecular complexity index is 291. The van der Waals surface area contributed by atoms with Gasteiger partial charge in [-0.25, -0.2) is 0 Å². The van der Waals surface area contributed by atoms with Gasteiger partial charge < -0.3 is 20.5 Å². The summed E-state index contributed by atoms with van der Waals surface area (Å²) in [5.41, 5.74) is 5.67. The van der Waals surface area contributed by atoms with Gasteiger partial charge in [0.15, 0.2) is 5.96 Å². The quantitative estimate of drug-likeness (QED) is 0.272. The second kappa shape index (κ2) is 9.57. The van der Waals surface area contributed by atoms with Crippen LogP contribution in [-0.2, 0) is 14.3 Å². The van der Waals surface area contributed by atoms with Gasteiger partial charge in [0.25, 0.3) is 0 Å². The van der Waals surface area contributed by atoms with E-state index in [-0.39, 0.29) is 5.97 Å². The smallest absolute Gasteiger partial charge is 0.307 e. The van der Waals surface area contributed by atoms with E-state index < -0.39 is 0 Å². The van der Waals surface area contributed by atoms with E-state index >= 15 is 0 Å². The van der Waals surface area contributed by atoms with Gasteiger partial charge in [0.05, 0.1) is 26.7 Å². The molecule has 0 bridgehead atoms. The van der Waals surface area contributed by atoms with Crippen molar-refractivity contribution in [3.8, 4) is 0 Å². The summed E-state index contributed by atoms with van der Waals surface area (Å²) in [6.45, 7) is 5.79. The average Bonchev–Trinajstić information content (AvgIpc) is 2.44. The molecule has 1 aliphatic heterocycles. The molecule has 1 heterocycles. The first kappa shape index (κ1) is 15.7. The second-order valence-electron chi connectivity index (χ2n) is 4.33. The fraction of sp³-hybridized carbons (Fsp3) is 0.833. The number of aliphatic imine (C=N–C) groups is 1. The molecular weight excluding hydrogens is 248 g/mol. The predicted octanol–water partition coefficient (Wildman–Crippen LogP) is -0.824. The highest BCUT2D eigenvalue weighted by Crippen LogP contribution is 1.97. The minimum absolute atomic E-state index is 0.257. The van der Waals surface area contributed by atoms with Crippen molar-refractivity contribution in [3.63, 3.8) is 0 Å². The van der Waals surface area contributed by atoms with Gasteiger partial charge in [0.2, 0.25) is 0 Å². The Morgan fingerprint density at radius 2 is 2.21 bits per heavy atom. The van der Waals surface area contributed by atoms with Crippen molar-refractivity contribution in [2.24, 2.45) is 10.7 Å². The first-order valence-electron chi connectivity index (χ1n) is 6.63. The van der Waals surface area contributed by atoms with Gasteiger partial charge in [-0.2, -0.15) is 0 Å². The first-order valence-corrected chi connectivity index (χ1v) is 6.63. The zero-order valence-corrected chi connectivity index (χ0v) is 11.6. The molecule has 7 heteroatoms. The lowest BCUT2D eigenvalue weighted by molar-refractivity contribution is -0.140. The van der Waals surface area contributed by atoms with Crippen LogP contribution in [0.2, 0.25) is 0 Å². The van der Waals surface area contributed by atoms with Crippen LogP contribution in [0.25, 0.3) is 0 Å². The molecule has 0 atom stereocenters. The number of hydrogen-bond acceptors (Lipinski definition) is 5. The summed E-state index contributed by atoms with van der Waals surface area (Å²) >= 11 is 0. The molecule has 0 spiro atoms. The van der Waals surface area contributed by atoms with E-state index in [1.165, 1.54) is 7.11 Å². The Balaban J connectivity index is 2.02. The number of nitrogens with two attached hydrogens (primary N) is 1. The number of guanidine groups is 1. The molecule has 0 amide bonds. The van der Waals surface area contributed by atoms with E-state index in [9.17, 15) is 4.79 Å². The lowest BCUT2D eigenvalue weighted by Gasteiger charge is -2.26. The topological polar surface area (TPSA) is 89.2 Å². The van der Waals surface area contributed by atoms with E-state index in [4.69, 9.17) is 10.5 Å². The number of carbonyl (C=O) groups is 1. The monoisotopic (exact) mass is 272 g/mol. The Labute approximate surface area is 114 Å². The number of hydrogen-bond donors (Lipinski definition) is 2. The maximum Gasteiger partial charge on any atom is 0.307 e. The fourth-order valence-electron chi connectivity index (χ4n) is 1.77. The highest BCUT2D eigenvalue weighted by Gasteiger charge is 2.08. The standard InChI is InChI=1S/C12H24N4O3/c1-18-11(17)3-5-15-12(13)14-4-2-6-16-7-9-19-10-8-16/h2-10H2,1H3,(H3,13,14,15). The zero-order chi connectivity index (χ0) is 13.9. The SMILES string of the molecule is COC(=O)CCNC(N)=NCCCN1CCOCC1. The van der Waals surface area contributed by atoms with Crippen LogP contribution in [-0.4, -0.2) is 69.9 Å². The van der Waals surface area contributed by atoms with Crippen LogP contribution in [0, 0.1) is 0 Å². The van der Waals surface area contributed by atoms with Gasteiger partial charge in [-0.15, -0.1) is 0 Å². The van der Waals surface area contributed by atoms with Gasteiger partial charge in [0, 0.05) is 32.7 Å². The largest absolute Gasteiger partial charge is 0.469 e. The minimum atomic E-state index is -0.257. The van der Waals surface area contributed by atoms with E-state index in [1.54, 1.807) is 0 Å². The second-order valence-corrected chi connectivity index (χ2v) is 4.33. The molecular formula is C12H24N4O3. The van der Waals surface area contributed by atoms with E-state index in [0.717, 1.165) is 39.3 Å². The molecule has 1 saturated heterocycles. The lowest BCUT2D eigenvalue weighted by Crippen LogP contribution is -2.37. The Kier molecular flexibility index (Phi) is 7.92. The van der Waals surface area contributed by atoms with Crippen LogP contribution >= 0.6 is 0 Å². The highest BCUT2D eigenvalue weighted by atomic mass is 16.5. The summed E-state index contributed by atoms with van der Waals surface area (Å²) in [6.07, 6.45) is 1.26. The zero-order valence-electron chi connectivity index (χ0n) is 11.6. The van der Waals surface area contributed by atoms with Crippen molar-refractivity contribution in [1.82, 2.24) is 10.2 Å². The molecule has 1 fully saturated rings. The number of nitrogens with zero attached hydrogens (tertiary/aromatic N) is 2. The van der Waals surface area contributed by atoms with E-state index in [0.29, 0.717) is 25.5 Å². The molecule has 110 valence electrons. The molecule has 0 unspecified atom stereocenters. The minimum Gasteiger partial charge on any atom is -0.469 e. The van der Waals surface area contributed by atoms with Crippen molar-refractivity contribution in [3.05, 3.63) is 0 Å². The maximum atomic E-state index is 10.9. The molecule has 0 aromatic heterocycles. The highest BCUT2D eigenvalue weighted by molar-refractivity contribution is 5.78. The van der Waals surface area contributed by atoms with Gasteiger partial charge in [-0.05, 0) is 6.42 Å². The Hall–Kier alpha value is -1.34. The molecule has 1 rings (SSSR count). The molecule has 1 aliphatic rings. The van der Waals surface area contributed by atoms with Gasteiger partial charge in [0.1, 0.15) is 0 Å². The predicted molar refractivity (Wildman–Crippen MR) is 73.0 cm³/mol. The molecule has 0 aromatic carbocycles. The Morgan fingerprint density at radius 1 is 1.47 bits per heavy atom. The van der Waals surface area contributed by atoms with Crippen molar-refractivity contribution in [1.29, 1.82) is 0 Å². The van der Waals surface area contributed by atoms with Crippen molar-refractivity contribution in [2.45, 2.75) is 12.8 Å². The molecule has 0 saturated carbocycles. The average molecular weight is 272 g/mol. The van der Waals surface area contributed by atoms with E-state index in [2.05, 4.69) is 19.9 Å². The molecule has 7 nitrogen and oxygen atoms in total. The van der Waals surface area contributed by atoms with Crippen LogP contribution in [0.1, 0.15) is 12.8 Å². The third kappa shape index (κ3) is 7.63. The summed E-state index contributed by atoms with van der Waals surface area (Å²) in [5.74, 6) is 0.124. The summed E-state index contributed by atoms with van der Waals surface area (Å²) in [6, 6.07) is 0. The van der Waals surface area contributed by atoms with Gasteiger partial charge in [-0.3, -0.25) is 14.7 Å². The molecule has 0 radical (unpaired) electrons. The molecule has 0 aliphatic carbocycles. The molecule has 3 N–H and O–H groups in total. The third-order valence-corrected chi connectivity index (χ3v) is 2.88. The normalized spacial score (nSPS) is 17.2. The number of nitrogens with one attached hydrogen (secondary N) is 1. The van der Waals surface area contributed by atoms with Crippen LogP contribution in [0.5, 0.6) is 0 Å². The number of esters is 1. The summed E-state index contributed by atoms with van der Waals surface area (Å²) in [7, 11) is 1.37.